The average molecular weight is 291 g/mol. The Bertz CT molecular complexity index is 868. The van der Waals surface area contributed by atoms with Gasteiger partial charge in [-0.15, -0.1) is 5.21 Å². The van der Waals surface area contributed by atoms with Crippen LogP contribution in [0, 0.1) is 0 Å². The van der Waals surface area contributed by atoms with E-state index in [0.29, 0.717) is 11.8 Å². The number of tetrazole rings is 2. The summed E-state index contributed by atoms with van der Waals surface area (Å²) in [6.07, 6.45) is 0. The van der Waals surface area contributed by atoms with Crippen LogP contribution >= 0.6 is 0 Å². The molecule has 0 unspecified atom stereocenters. The van der Waals surface area contributed by atoms with Crippen LogP contribution in [0.2, 0.25) is 0 Å². The molecule has 0 aliphatic carbocycles. The second-order valence-electron chi connectivity index (χ2n) is 4.52. The van der Waals surface area contributed by atoms with E-state index < -0.39 is 0 Å². The summed E-state index contributed by atoms with van der Waals surface area (Å²) in [5, 5.41) is 23.0. The molecule has 4 rings (SSSR count). The van der Waals surface area contributed by atoms with Gasteiger partial charge in [-0.1, -0.05) is 46.3 Å². The zero-order valence-corrected chi connectivity index (χ0v) is 11.4. The van der Waals surface area contributed by atoms with E-state index in [1.807, 2.05) is 60.7 Å². The van der Waals surface area contributed by atoms with E-state index in [0.717, 1.165) is 11.3 Å². The average Bonchev–Trinajstić information content (AvgIpc) is 3.26. The third-order valence-electron chi connectivity index (χ3n) is 3.09. The number of benzene rings is 2. The van der Waals surface area contributed by atoms with Crippen molar-refractivity contribution in [1.29, 1.82) is 0 Å². The molecule has 4 aromatic rings. The fourth-order valence-electron chi connectivity index (χ4n) is 2.09. The number of hydrogen-bond donors (Lipinski definition) is 1. The van der Waals surface area contributed by atoms with Crippen LogP contribution in [0.1, 0.15) is 0 Å². The van der Waals surface area contributed by atoms with Gasteiger partial charge in [0, 0.05) is 21.0 Å². The van der Waals surface area contributed by atoms with Gasteiger partial charge in [-0.2, -0.15) is 0 Å². The third-order valence-corrected chi connectivity index (χ3v) is 3.09. The van der Waals surface area contributed by atoms with E-state index in [9.17, 15) is 0 Å². The van der Waals surface area contributed by atoms with Crippen LogP contribution in [0.3, 0.4) is 0 Å². The summed E-state index contributed by atoms with van der Waals surface area (Å²) in [6.45, 7) is 0. The molecule has 2 aromatic heterocycles. The third kappa shape index (κ3) is 2.12. The van der Waals surface area contributed by atoms with Gasteiger partial charge in [-0.05, 0) is 34.2 Å². The molecule has 0 radical (unpaired) electrons. The Morgan fingerprint density at radius 3 is 2.32 bits per heavy atom. The minimum atomic E-state index is 0.318. The lowest BCUT2D eigenvalue weighted by atomic mass is 10.2. The zero-order chi connectivity index (χ0) is 14.8. The largest absolute Gasteiger partial charge is 0.470 e. The van der Waals surface area contributed by atoms with Crippen molar-refractivity contribution >= 4 is 0 Å². The number of rotatable bonds is 3. The van der Waals surface area contributed by atoms with Crippen molar-refractivity contribution in [2.75, 3.05) is 0 Å². The molecule has 0 spiro atoms. The molecule has 22 heavy (non-hydrogen) atoms. The van der Waals surface area contributed by atoms with E-state index in [2.05, 4.69) is 30.8 Å². The van der Waals surface area contributed by atoms with Crippen LogP contribution in [0.5, 0.6) is 0 Å². The van der Waals surface area contributed by atoms with Gasteiger partial charge in [0.15, 0.2) is 0 Å². The van der Waals surface area contributed by atoms with Gasteiger partial charge in [0.2, 0.25) is 0 Å². The lowest BCUT2D eigenvalue weighted by molar-refractivity contribution is -0.740. The van der Waals surface area contributed by atoms with Crippen LogP contribution < -0.4 is 4.80 Å². The first-order valence-corrected chi connectivity index (χ1v) is 6.66. The van der Waals surface area contributed by atoms with E-state index in [4.69, 9.17) is 0 Å². The maximum atomic E-state index is 4.55. The molecule has 8 nitrogen and oxygen atoms in total. The summed E-state index contributed by atoms with van der Waals surface area (Å²) in [5.41, 5.74) is 1.76. The highest BCUT2D eigenvalue weighted by Crippen LogP contribution is 2.13. The molecule has 1 N–H and O–H groups in total. The van der Waals surface area contributed by atoms with E-state index in [-0.39, 0.29) is 0 Å². The molecule has 0 saturated carbocycles. The Morgan fingerprint density at radius 1 is 0.909 bits per heavy atom. The van der Waals surface area contributed by atoms with E-state index in [1.54, 1.807) is 4.80 Å². The number of nitrogens with zero attached hydrogens (tertiary/aromatic N) is 7. The van der Waals surface area contributed by atoms with Gasteiger partial charge >= 0.3 is 5.95 Å². The van der Waals surface area contributed by atoms with Gasteiger partial charge in [0.25, 0.3) is 5.82 Å². The van der Waals surface area contributed by atoms with Crippen molar-refractivity contribution in [1.82, 2.24) is 35.6 Å². The summed E-state index contributed by atoms with van der Waals surface area (Å²) < 4.78 is 0. The fourth-order valence-corrected chi connectivity index (χ4v) is 2.09. The van der Waals surface area contributed by atoms with Gasteiger partial charge < -0.3 is 0 Å². The zero-order valence-electron chi connectivity index (χ0n) is 11.4. The smallest absolute Gasteiger partial charge is 0.117 e. The van der Waals surface area contributed by atoms with Gasteiger partial charge in [0.1, 0.15) is 5.69 Å². The second-order valence-corrected chi connectivity index (χ2v) is 4.52. The van der Waals surface area contributed by atoms with Gasteiger partial charge in [0.05, 0.1) is 0 Å². The summed E-state index contributed by atoms with van der Waals surface area (Å²) >= 11 is 0. The molecule has 0 amide bonds. The number of aromatic amines is 1. The number of H-pyrrole nitrogens is 1. The van der Waals surface area contributed by atoms with Crippen molar-refractivity contribution in [3.63, 3.8) is 0 Å². The Morgan fingerprint density at radius 2 is 1.64 bits per heavy atom. The maximum absolute atomic E-state index is 4.55. The molecule has 2 aromatic carbocycles. The quantitative estimate of drug-likeness (QED) is 0.562. The van der Waals surface area contributed by atoms with E-state index >= 15 is 0 Å². The summed E-state index contributed by atoms with van der Waals surface area (Å²) in [6, 6.07) is 19.4. The molecular weight excluding hydrogens is 280 g/mol. The molecule has 0 saturated heterocycles. The molecule has 2 heterocycles. The molecule has 106 valence electrons. The number of hydrogen-bond acceptors (Lipinski definition) is 5. The summed E-state index contributed by atoms with van der Waals surface area (Å²) in [7, 11) is 0. The fraction of sp³-hybridized carbons (Fsp3) is 0. The topological polar surface area (TPSA) is 89.0 Å². The predicted octanol–water partition coefficient (Wildman–Crippen LogP) is 0.724. The second kappa shape index (κ2) is 5.17. The summed E-state index contributed by atoms with van der Waals surface area (Å²) in [4.78, 5) is 3.13. The van der Waals surface area contributed by atoms with E-state index in [1.165, 1.54) is 4.80 Å². The minimum absolute atomic E-state index is 0.318. The molecule has 0 aliphatic heterocycles. The van der Waals surface area contributed by atoms with Crippen molar-refractivity contribution in [2.45, 2.75) is 0 Å². The molecule has 0 fully saturated rings. The highest BCUT2D eigenvalue weighted by molar-refractivity contribution is 5.53. The highest BCUT2D eigenvalue weighted by Gasteiger charge is 2.23. The standard InChI is InChI=1S/C14H11N8/c1-3-7-11(8-4-1)13-17-21(12-9-5-2-6-10-12)22(18-13)14-15-19-20-16-14/h1-10H,(H,15,16,19,20)/q+1. The number of nitrogens with one attached hydrogen (secondary N) is 1. The van der Waals surface area contributed by atoms with Crippen molar-refractivity contribution in [3.05, 3.63) is 60.7 Å². The Balaban J connectivity index is 1.91. The van der Waals surface area contributed by atoms with Crippen LogP contribution in [0.15, 0.2) is 60.7 Å². The van der Waals surface area contributed by atoms with Crippen molar-refractivity contribution in [3.8, 4) is 23.0 Å². The minimum Gasteiger partial charge on any atom is -0.117 e. The van der Waals surface area contributed by atoms with Crippen molar-refractivity contribution in [2.24, 2.45) is 0 Å². The molecular formula is C14H11N8+. The molecule has 8 heteroatoms. The molecule has 0 atom stereocenters. The Labute approximate surface area is 125 Å². The first-order chi connectivity index (χ1) is 10.9. The monoisotopic (exact) mass is 291 g/mol. The van der Waals surface area contributed by atoms with Crippen LogP contribution in [0.25, 0.3) is 23.0 Å². The maximum Gasteiger partial charge on any atom is 0.470 e. The summed E-state index contributed by atoms with van der Waals surface area (Å²) in [5.74, 6) is 0.896. The van der Waals surface area contributed by atoms with Gasteiger partial charge in [-0.25, -0.2) is 0 Å². The lowest BCUT2D eigenvalue weighted by Gasteiger charge is -1.97. The number of para-hydroxylation sites is 1. The highest BCUT2D eigenvalue weighted by atomic mass is 15.7. The number of aromatic nitrogens is 8. The SMILES string of the molecule is c1ccc(-c2nn(-c3ccccc3)[n+](-c3nn[nH]n3)n2)cc1. The van der Waals surface area contributed by atoms with Gasteiger partial charge in [-0.3, -0.25) is 0 Å². The Hall–Kier alpha value is -3.42. The Kier molecular flexibility index (Phi) is 2.90. The first-order valence-electron chi connectivity index (χ1n) is 6.66. The van der Waals surface area contributed by atoms with Crippen LogP contribution in [-0.4, -0.2) is 35.6 Å². The first kappa shape index (κ1) is 12.3. The van der Waals surface area contributed by atoms with Crippen LogP contribution in [-0.2, 0) is 0 Å². The van der Waals surface area contributed by atoms with Crippen molar-refractivity contribution < 1.29 is 4.80 Å². The predicted molar refractivity (Wildman–Crippen MR) is 76.1 cm³/mol. The molecule has 0 aliphatic rings. The molecule has 0 bridgehead atoms. The van der Waals surface area contributed by atoms with Crippen LogP contribution in [0.4, 0.5) is 0 Å². The lowest BCUT2D eigenvalue weighted by Crippen LogP contribution is -2.44. The normalized spacial score (nSPS) is 10.7.